The van der Waals surface area contributed by atoms with Crippen LogP contribution in [0.25, 0.3) is 0 Å². The molecule has 154 valence electrons. The summed E-state index contributed by atoms with van der Waals surface area (Å²) in [5.74, 6) is -1.71. The third kappa shape index (κ3) is 6.04. The van der Waals surface area contributed by atoms with Crippen LogP contribution in [0.1, 0.15) is 58.4 Å². The highest BCUT2D eigenvalue weighted by Gasteiger charge is 2.44. The smallest absolute Gasteiger partial charge is 0.313 e. The van der Waals surface area contributed by atoms with E-state index in [2.05, 4.69) is 10.6 Å². The highest BCUT2D eigenvalue weighted by atomic mass is 19.1. The molecule has 1 aliphatic carbocycles. The molecule has 1 aromatic rings. The molecule has 0 aliphatic heterocycles. The number of ether oxygens (including phenoxy) is 1. The van der Waals surface area contributed by atoms with Crippen molar-refractivity contribution < 1.29 is 23.5 Å². The van der Waals surface area contributed by atoms with E-state index in [9.17, 15) is 18.8 Å². The van der Waals surface area contributed by atoms with Gasteiger partial charge in [0.25, 0.3) is 5.91 Å². The molecule has 6 nitrogen and oxygen atoms in total. The van der Waals surface area contributed by atoms with Crippen molar-refractivity contribution >= 4 is 23.5 Å². The first-order valence-electron chi connectivity index (χ1n) is 9.55. The molecular formula is C21H29FN2O4. The molecule has 1 aliphatic rings. The molecule has 2 amide bonds. The van der Waals surface area contributed by atoms with Gasteiger partial charge in [-0.3, -0.25) is 14.4 Å². The molecule has 0 unspecified atom stereocenters. The number of anilines is 1. The summed E-state index contributed by atoms with van der Waals surface area (Å²) in [4.78, 5) is 37.1. The molecule has 0 saturated heterocycles. The minimum atomic E-state index is -0.883. The van der Waals surface area contributed by atoms with Crippen molar-refractivity contribution in [3.8, 4) is 0 Å². The fraction of sp³-hybridized carbons (Fsp3) is 0.571. The van der Waals surface area contributed by atoms with Gasteiger partial charge in [-0.1, -0.05) is 18.9 Å². The largest absolute Gasteiger partial charge is 0.455 e. The van der Waals surface area contributed by atoms with Crippen molar-refractivity contribution in [2.24, 2.45) is 5.41 Å². The van der Waals surface area contributed by atoms with E-state index in [0.717, 1.165) is 12.8 Å². The normalized spacial score (nSPS) is 15.8. The van der Waals surface area contributed by atoms with Crippen LogP contribution < -0.4 is 10.6 Å². The van der Waals surface area contributed by atoms with Crippen molar-refractivity contribution in [3.63, 3.8) is 0 Å². The molecule has 0 spiro atoms. The lowest BCUT2D eigenvalue weighted by Crippen LogP contribution is -2.44. The standard InChI is InChI=1S/C21H29FN2O4/c1-14-7-8-15(11-16(14)22)23-18(26)13-28-19(27)21(9-5-6-10-21)12-17(25)24-20(2,3)4/h7-8,11H,5-6,9-10,12-13H2,1-4H3,(H,23,26)(H,24,25). The van der Waals surface area contributed by atoms with Gasteiger partial charge in [0.2, 0.25) is 5.91 Å². The van der Waals surface area contributed by atoms with Crippen LogP contribution in [0.2, 0.25) is 0 Å². The molecule has 2 N–H and O–H groups in total. The number of amides is 2. The number of esters is 1. The van der Waals surface area contributed by atoms with Crippen LogP contribution in [0.3, 0.4) is 0 Å². The summed E-state index contributed by atoms with van der Waals surface area (Å²) < 4.78 is 18.8. The van der Waals surface area contributed by atoms with E-state index in [1.807, 2.05) is 20.8 Å². The van der Waals surface area contributed by atoms with Gasteiger partial charge < -0.3 is 15.4 Å². The van der Waals surface area contributed by atoms with Crippen molar-refractivity contribution in [1.82, 2.24) is 5.32 Å². The summed E-state index contributed by atoms with van der Waals surface area (Å²) in [6.45, 7) is 6.78. The predicted octanol–water partition coefficient (Wildman–Crippen LogP) is 3.48. The molecule has 0 aromatic heterocycles. The Morgan fingerprint density at radius 3 is 2.36 bits per heavy atom. The molecule has 0 heterocycles. The maximum Gasteiger partial charge on any atom is 0.313 e. The van der Waals surface area contributed by atoms with Crippen LogP contribution in [-0.2, 0) is 19.1 Å². The predicted molar refractivity (Wildman–Crippen MR) is 104 cm³/mol. The number of hydrogen-bond donors (Lipinski definition) is 2. The number of carbonyl (C=O) groups excluding carboxylic acids is 3. The average molecular weight is 392 g/mol. The minimum Gasteiger partial charge on any atom is -0.455 e. The Morgan fingerprint density at radius 1 is 1.14 bits per heavy atom. The molecular weight excluding hydrogens is 363 g/mol. The fourth-order valence-corrected chi connectivity index (χ4v) is 3.43. The Morgan fingerprint density at radius 2 is 1.79 bits per heavy atom. The zero-order valence-corrected chi connectivity index (χ0v) is 17.0. The lowest BCUT2D eigenvalue weighted by atomic mass is 9.82. The van der Waals surface area contributed by atoms with Crippen LogP contribution in [0.15, 0.2) is 18.2 Å². The second-order valence-corrected chi connectivity index (χ2v) is 8.55. The van der Waals surface area contributed by atoms with Gasteiger partial charge >= 0.3 is 5.97 Å². The Bertz CT molecular complexity index is 749. The van der Waals surface area contributed by atoms with E-state index in [0.29, 0.717) is 24.1 Å². The molecule has 1 saturated carbocycles. The number of aryl methyl sites for hydroxylation is 1. The summed E-state index contributed by atoms with van der Waals surface area (Å²) in [5.41, 5.74) is -0.499. The van der Waals surface area contributed by atoms with E-state index in [-0.39, 0.29) is 17.9 Å². The van der Waals surface area contributed by atoms with Crippen LogP contribution >= 0.6 is 0 Å². The van der Waals surface area contributed by atoms with Gasteiger partial charge in [0.05, 0.1) is 5.41 Å². The van der Waals surface area contributed by atoms with E-state index in [1.54, 1.807) is 19.1 Å². The first-order valence-corrected chi connectivity index (χ1v) is 9.55. The SMILES string of the molecule is Cc1ccc(NC(=O)COC(=O)C2(CC(=O)NC(C)(C)C)CCCC2)cc1F. The summed E-state index contributed by atoms with van der Waals surface area (Å²) in [6.07, 6.45) is 2.86. The molecule has 28 heavy (non-hydrogen) atoms. The van der Waals surface area contributed by atoms with Gasteiger partial charge in [-0.15, -0.1) is 0 Å². The Hall–Kier alpha value is -2.44. The third-order valence-electron chi connectivity index (χ3n) is 4.80. The van der Waals surface area contributed by atoms with Crippen molar-refractivity contribution in [1.29, 1.82) is 0 Å². The van der Waals surface area contributed by atoms with Crippen LogP contribution in [0.4, 0.5) is 10.1 Å². The number of hydrogen-bond acceptors (Lipinski definition) is 4. The van der Waals surface area contributed by atoms with Crippen LogP contribution in [0, 0.1) is 18.2 Å². The van der Waals surface area contributed by atoms with E-state index in [1.165, 1.54) is 6.07 Å². The first kappa shape index (κ1) is 21.9. The average Bonchev–Trinajstić information content (AvgIpc) is 3.04. The Balaban J connectivity index is 1.93. The quantitative estimate of drug-likeness (QED) is 0.726. The third-order valence-corrected chi connectivity index (χ3v) is 4.80. The van der Waals surface area contributed by atoms with Crippen LogP contribution in [0.5, 0.6) is 0 Å². The summed E-state index contributed by atoms with van der Waals surface area (Å²) >= 11 is 0. The van der Waals surface area contributed by atoms with Crippen LogP contribution in [-0.4, -0.2) is 29.9 Å². The molecule has 0 radical (unpaired) electrons. The van der Waals surface area contributed by atoms with E-state index >= 15 is 0 Å². The maximum absolute atomic E-state index is 13.6. The molecule has 1 aromatic carbocycles. The number of carbonyl (C=O) groups is 3. The fourth-order valence-electron chi connectivity index (χ4n) is 3.43. The molecule has 0 bridgehead atoms. The zero-order chi connectivity index (χ0) is 20.9. The highest BCUT2D eigenvalue weighted by molar-refractivity contribution is 5.94. The van der Waals surface area contributed by atoms with Gasteiger partial charge in [-0.2, -0.15) is 0 Å². The number of nitrogens with one attached hydrogen (secondary N) is 2. The maximum atomic E-state index is 13.6. The Labute approximate surface area is 165 Å². The second kappa shape index (κ2) is 8.71. The summed E-state index contributed by atoms with van der Waals surface area (Å²) in [6, 6.07) is 4.34. The van der Waals surface area contributed by atoms with Gasteiger partial charge in [0.15, 0.2) is 6.61 Å². The van der Waals surface area contributed by atoms with E-state index < -0.39 is 29.7 Å². The molecule has 0 atom stereocenters. The number of halogens is 1. The van der Waals surface area contributed by atoms with Gasteiger partial charge in [-0.05, 0) is 58.2 Å². The van der Waals surface area contributed by atoms with E-state index in [4.69, 9.17) is 4.74 Å². The second-order valence-electron chi connectivity index (χ2n) is 8.55. The van der Waals surface area contributed by atoms with Crippen molar-refractivity contribution in [2.75, 3.05) is 11.9 Å². The molecule has 7 heteroatoms. The first-order chi connectivity index (χ1) is 13.0. The van der Waals surface area contributed by atoms with Crippen molar-refractivity contribution in [2.45, 2.75) is 65.3 Å². The van der Waals surface area contributed by atoms with Gasteiger partial charge in [-0.25, -0.2) is 4.39 Å². The molecule has 2 rings (SSSR count). The lowest BCUT2D eigenvalue weighted by molar-refractivity contribution is -0.160. The number of rotatable bonds is 6. The van der Waals surface area contributed by atoms with Gasteiger partial charge in [0.1, 0.15) is 5.82 Å². The zero-order valence-electron chi connectivity index (χ0n) is 17.0. The summed E-state index contributed by atoms with van der Waals surface area (Å²) in [5, 5.41) is 5.38. The minimum absolute atomic E-state index is 0.0495. The van der Waals surface area contributed by atoms with Crippen molar-refractivity contribution in [3.05, 3.63) is 29.6 Å². The van der Waals surface area contributed by atoms with Gasteiger partial charge in [0, 0.05) is 17.6 Å². The highest BCUT2D eigenvalue weighted by Crippen LogP contribution is 2.42. The number of benzene rings is 1. The monoisotopic (exact) mass is 392 g/mol. The summed E-state index contributed by atoms with van der Waals surface area (Å²) in [7, 11) is 0. The molecule has 1 fully saturated rings. The lowest BCUT2D eigenvalue weighted by Gasteiger charge is -2.28. The Kier molecular flexibility index (Phi) is 6.80. The topological polar surface area (TPSA) is 84.5 Å².